The van der Waals surface area contributed by atoms with Crippen molar-refractivity contribution in [3.63, 3.8) is 0 Å². The highest BCUT2D eigenvalue weighted by Gasteiger charge is 2.24. The van der Waals surface area contributed by atoms with Gasteiger partial charge < -0.3 is 15.0 Å². The number of piperidine rings is 1. The summed E-state index contributed by atoms with van der Waals surface area (Å²) in [6.45, 7) is 5.90. The molecule has 1 aliphatic heterocycles. The highest BCUT2D eigenvalue weighted by molar-refractivity contribution is 5.94. The quantitative estimate of drug-likeness (QED) is 0.845. The molecule has 1 atom stereocenters. The minimum Gasteiger partial charge on any atom is -0.497 e. The average molecular weight is 367 g/mol. The first kappa shape index (κ1) is 19.4. The van der Waals surface area contributed by atoms with Crippen LogP contribution in [0.4, 0.5) is 0 Å². The van der Waals surface area contributed by atoms with E-state index in [1.54, 1.807) is 7.11 Å². The third-order valence-corrected chi connectivity index (χ3v) is 5.28. The van der Waals surface area contributed by atoms with Crippen LogP contribution in [0.1, 0.15) is 41.3 Å². The lowest BCUT2D eigenvalue weighted by Gasteiger charge is -2.34. The van der Waals surface area contributed by atoms with Crippen LogP contribution in [0.2, 0.25) is 0 Å². The second-order valence-corrected chi connectivity index (χ2v) is 7.56. The number of hydrogen-bond donors (Lipinski definition) is 1. The molecule has 0 unspecified atom stereocenters. The summed E-state index contributed by atoms with van der Waals surface area (Å²) in [5.41, 5.74) is 3.25. The summed E-state index contributed by atoms with van der Waals surface area (Å²) in [6, 6.07) is 17.0. The molecule has 1 fully saturated rings. The van der Waals surface area contributed by atoms with Crippen LogP contribution in [-0.4, -0.2) is 43.1 Å². The van der Waals surface area contributed by atoms with E-state index in [1.807, 2.05) is 48.2 Å². The van der Waals surface area contributed by atoms with Gasteiger partial charge in [-0.15, -0.1) is 0 Å². The zero-order valence-corrected chi connectivity index (χ0v) is 16.6. The fourth-order valence-corrected chi connectivity index (χ4v) is 3.74. The first-order valence-electron chi connectivity index (χ1n) is 9.80. The number of nitrogens with one attached hydrogen (secondary N) is 1. The van der Waals surface area contributed by atoms with Gasteiger partial charge in [0.05, 0.1) is 7.11 Å². The lowest BCUT2D eigenvalue weighted by Crippen LogP contribution is -2.47. The predicted molar refractivity (Wildman–Crippen MR) is 109 cm³/mol. The zero-order chi connectivity index (χ0) is 19.2. The van der Waals surface area contributed by atoms with Crippen LogP contribution in [0.5, 0.6) is 5.75 Å². The lowest BCUT2D eigenvalue weighted by atomic mass is 10.0. The monoisotopic (exact) mass is 366 g/mol. The molecule has 0 bridgehead atoms. The van der Waals surface area contributed by atoms with Gasteiger partial charge in [0.25, 0.3) is 5.91 Å². The molecule has 2 aromatic rings. The SMILES string of the molecule is COc1cccc(C[C@@H](C)NC2CCN(C(=O)c3ccc(C)cc3)CC2)c1. The van der Waals surface area contributed by atoms with E-state index in [4.69, 9.17) is 4.74 Å². The molecule has 1 aliphatic rings. The van der Waals surface area contributed by atoms with Crippen LogP contribution in [-0.2, 0) is 6.42 Å². The van der Waals surface area contributed by atoms with Gasteiger partial charge in [0.15, 0.2) is 0 Å². The number of carbonyl (C=O) groups is 1. The Morgan fingerprint density at radius 1 is 1.19 bits per heavy atom. The molecule has 1 amide bonds. The highest BCUT2D eigenvalue weighted by Crippen LogP contribution is 2.17. The maximum atomic E-state index is 12.6. The average Bonchev–Trinajstić information content (AvgIpc) is 2.68. The lowest BCUT2D eigenvalue weighted by molar-refractivity contribution is 0.0702. The third kappa shape index (κ3) is 5.33. The number of benzene rings is 2. The van der Waals surface area contributed by atoms with Crippen molar-refractivity contribution in [3.8, 4) is 5.75 Å². The Hall–Kier alpha value is -2.33. The van der Waals surface area contributed by atoms with Gasteiger partial charge in [-0.3, -0.25) is 4.79 Å². The van der Waals surface area contributed by atoms with E-state index in [-0.39, 0.29) is 5.91 Å². The molecule has 0 radical (unpaired) electrons. The van der Waals surface area contributed by atoms with Crippen molar-refractivity contribution in [3.05, 3.63) is 65.2 Å². The number of rotatable bonds is 6. The number of aryl methyl sites for hydroxylation is 1. The summed E-state index contributed by atoms with van der Waals surface area (Å²) in [7, 11) is 1.70. The minimum absolute atomic E-state index is 0.151. The Morgan fingerprint density at radius 3 is 2.56 bits per heavy atom. The normalized spacial score (nSPS) is 16.2. The molecule has 0 spiro atoms. The zero-order valence-electron chi connectivity index (χ0n) is 16.6. The van der Waals surface area contributed by atoms with Gasteiger partial charge in [0.1, 0.15) is 5.75 Å². The summed E-state index contributed by atoms with van der Waals surface area (Å²) in [6.07, 6.45) is 2.97. The summed E-state index contributed by atoms with van der Waals surface area (Å²) in [5.74, 6) is 1.06. The fourth-order valence-electron chi connectivity index (χ4n) is 3.74. The van der Waals surface area contributed by atoms with E-state index in [1.165, 1.54) is 11.1 Å². The molecular formula is C23H30N2O2. The summed E-state index contributed by atoms with van der Waals surface area (Å²) >= 11 is 0. The molecular weight excluding hydrogens is 336 g/mol. The molecule has 0 saturated carbocycles. The summed E-state index contributed by atoms with van der Waals surface area (Å²) in [5, 5.41) is 3.73. The minimum atomic E-state index is 0.151. The van der Waals surface area contributed by atoms with Crippen LogP contribution in [0.25, 0.3) is 0 Å². The van der Waals surface area contributed by atoms with Gasteiger partial charge in [-0.1, -0.05) is 29.8 Å². The van der Waals surface area contributed by atoms with Crippen LogP contribution >= 0.6 is 0 Å². The smallest absolute Gasteiger partial charge is 0.253 e. The molecule has 1 heterocycles. The molecule has 2 aromatic carbocycles. The van der Waals surface area contributed by atoms with Crippen molar-refractivity contribution >= 4 is 5.91 Å². The standard InChI is InChI=1S/C23H30N2O2/c1-17-7-9-20(10-8-17)23(26)25-13-11-21(12-14-25)24-18(2)15-19-5-4-6-22(16-19)27-3/h4-10,16,18,21,24H,11-15H2,1-3H3/t18-/m1/s1. The number of methoxy groups -OCH3 is 1. The molecule has 4 nitrogen and oxygen atoms in total. The Kier molecular flexibility index (Phi) is 6.51. The maximum absolute atomic E-state index is 12.6. The first-order valence-corrected chi connectivity index (χ1v) is 9.80. The number of amides is 1. The molecule has 144 valence electrons. The summed E-state index contributed by atoms with van der Waals surface area (Å²) in [4.78, 5) is 14.6. The van der Waals surface area contributed by atoms with Crippen molar-refractivity contribution in [2.75, 3.05) is 20.2 Å². The number of hydrogen-bond acceptors (Lipinski definition) is 3. The third-order valence-electron chi connectivity index (χ3n) is 5.28. The predicted octanol–water partition coefficient (Wildman–Crippen LogP) is 3.83. The molecule has 0 aromatic heterocycles. The highest BCUT2D eigenvalue weighted by atomic mass is 16.5. The summed E-state index contributed by atoms with van der Waals surface area (Å²) < 4.78 is 5.31. The number of ether oxygens (including phenoxy) is 1. The van der Waals surface area contributed by atoms with Gasteiger partial charge in [0, 0.05) is 30.7 Å². The Morgan fingerprint density at radius 2 is 1.89 bits per heavy atom. The van der Waals surface area contributed by atoms with E-state index in [2.05, 4.69) is 24.4 Å². The molecule has 1 saturated heterocycles. The van der Waals surface area contributed by atoms with Gasteiger partial charge >= 0.3 is 0 Å². The second-order valence-electron chi connectivity index (χ2n) is 7.56. The van der Waals surface area contributed by atoms with Gasteiger partial charge in [0.2, 0.25) is 0 Å². The van der Waals surface area contributed by atoms with Crippen LogP contribution in [0.3, 0.4) is 0 Å². The fraction of sp³-hybridized carbons (Fsp3) is 0.435. The van der Waals surface area contributed by atoms with Crippen molar-refractivity contribution < 1.29 is 9.53 Å². The van der Waals surface area contributed by atoms with E-state index in [9.17, 15) is 4.79 Å². The van der Waals surface area contributed by atoms with E-state index < -0.39 is 0 Å². The van der Waals surface area contributed by atoms with E-state index in [0.29, 0.717) is 12.1 Å². The van der Waals surface area contributed by atoms with Crippen LogP contribution in [0.15, 0.2) is 48.5 Å². The number of likely N-dealkylation sites (tertiary alicyclic amines) is 1. The Labute approximate surface area is 162 Å². The second kappa shape index (κ2) is 9.05. The maximum Gasteiger partial charge on any atom is 0.253 e. The van der Waals surface area contributed by atoms with Gasteiger partial charge in [-0.05, 0) is 62.9 Å². The number of carbonyl (C=O) groups excluding carboxylic acids is 1. The van der Waals surface area contributed by atoms with Crippen molar-refractivity contribution in [1.82, 2.24) is 10.2 Å². The Bertz CT molecular complexity index is 749. The largest absolute Gasteiger partial charge is 0.497 e. The van der Waals surface area contributed by atoms with Crippen molar-refractivity contribution in [2.45, 2.75) is 45.2 Å². The molecule has 3 rings (SSSR count). The molecule has 0 aliphatic carbocycles. The van der Waals surface area contributed by atoms with E-state index in [0.717, 1.165) is 43.7 Å². The van der Waals surface area contributed by atoms with Crippen LogP contribution < -0.4 is 10.1 Å². The van der Waals surface area contributed by atoms with Crippen molar-refractivity contribution in [2.24, 2.45) is 0 Å². The first-order chi connectivity index (χ1) is 13.0. The topological polar surface area (TPSA) is 41.6 Å². The molecule has 1 N–H and O–H groups in total. The van der Waals surface area contributed by atoms with Crippen molar-refractivity contribution in [1.29, 1.82) is 0 Å². The molecule has 27 heavy (non-hydrogen) atoms. The molecule has 4 heteroatoms. The van der Waals surface area contributed by atoms with Gasteiger partial charge in [-0.2, -0.15) is 0 Å². The van der Waals surface area contributed by atoms with Crippen LogP contribution in [0, 0.1) is 6.92 Å². The Balaban J connectivity index is 1.47. The van der Waals surface area contributed by atoms with E-state index >= 15 is 0 Å². The number of nitrogens with zero attached hydrogens (tertiary/aromatic N) is 1. The van der Waals surface area contributed by atoms with Gasteiger partial charge in [-0.25, -0.2) is 0 Å².